The summed E-state index contributed by atoms with van der Waals surface area (Å²) >= 11 is 0. The number of halogens is 1. The van der Waals surface area contributed by atoms with E-state index in [-0.39, 0.29) is 11.9 Å². The summed E-state index contributed by atoms with van der Waals surface area (Å²) in [7, 11) is 0. The lowest BCUT2D eigenvalue weighted by Gasteiger charge is -2.24. The van der Waals surface area contributed by atoms with Gasteiger partial charge in [-0.25, -0.2) is 4.39 Å². The minimum Gasteiger partial charge on any atom is -0.398 e. The molecule has 0 radical (unpaired) electrons. The van der Waals surface area contributed by atoms with Gasteiger partial charge in [0, 0.05) is 11.7 Å². The molecule has 1 aliphatic carbocycles. The van der Waals surface area contributed by atoms with Crippen molar-refractivity contribution in [2.45, 2.75) is 25.3 Å². The average molecular weight is 180 g/mol. The van der Waals surface area contributed by atoms with E-state index in [1.165, 1.54) is 6.07 Å². The molecule has 1 aromatic rings. The number of hydrogen-bond donors (Lipinski definition) is 2. The zero-order valence-electron chi connectivity index (χ0n) is 7.39. The Morgan fingerprint density at radius 3 is 2.85 bits per heavy atom. The second kappa shape index (κ2) is 3.00. The Labute approximate surface area is 76.7 Å². The highest BCUT2D eigenvalue weighted by Crippen LogP contribution is 2.33. The fraction of sp³-hybridized carbons (Fsp3) is 0.400. The Hall–Kier alpha value is -1.09. The Balaban J connectivity index is 2.60. The predicted octanol–water partition coefficient (Wildman–Crippen LogP) is 1.74. The van der Waals surface area contributed by atoms with Gasteiger partial charge in [0.15, 0.2) is 0 Å². The number of hydrogen-bond acceptors (Lipinski definition) is 2. The van der Waals surface area contributed by atoms with Crippen LogP contribution in [-0.2, 0) is 6.42 Å². The Bertz CT molecular complexity index is 336. The first kappa shape index (κ1) is 8.51. The Morgan fingerprint density at radius 2 is 2.15 bits per heavy atom. The first-order chi connectivity index (χ1) is 6.20. The molecule has 0 unspecified atom stereocenters. The molecule has 2 rings (SSSR count). The summed E-state index contributed by atoms with van der Waals surface area (Å²) in [4.78, 5) is 0. The molecular formula is C10H13FN2. The first-order valence-electron chi connectivity index (χ1n) is 4.52. The van der Waals surface area contributed by atoms with E-state index in [2.05, 4.69) is 0 Å². The van der Waals surface area contributed by atoms with E-state index in [1.54, 1.807) is 6.07 Å². The fourth-order valence-electron chi connectivity index (χ4n) is 1.99. The second-order valence-corrected chi connectivity index (χ2v) is 3.53. The van der Waals surface area contributed by atoms with Crippen molar-refractivity contribution in [3.8, 4) is 0 Å². The molecule has 0 amide bonds. The molecule has 70 valence electrons. The maximum absolute atomic E-state index is 13.3. The van der Waals surface area contributed by atoms with E-state index in [0.29, 0.717) is 5.69 Å². The van der Waals surface area contributed by atoms with Crippen LogP contribution in [0.5, 0.6) is 0 Å². The van der Waals surface area contributed by atoms with Gasteiger partial charge in [-0.15, -0.1) is 0 Å². The first-order valence-corrected chi connectivity index (χ1v) is 4.52. The van der Waals surface area contributed by atoms with Gasteiger partial charge >= 0.3 is 0 Å². The standard InChI is InChI=1S/C10H13FN2/c11-7-4-5-9(13)10-6(7)2-1-3-8(10)12/h4-5,8H,1-3,12-13H2/t8-/m0/s1. The van der Waals surface area contributed by atoms with E-state index in [1.807, 2.05) is 0 Å². The normalized spacial score (nSPS) is 21.2. The van der Waals surface area contributed by atoms with Crippen LogP contribution in [0, 0.1) is 5.82 Å². The average Bonchev–Trinajstić information content (AvgIpc) is 2.12. The van der Waals surface area contributed by atoms with Crippen LogP contribution in [0.4, 0.5) is 10.1 Å². The summed E-state index contributed by atoms with van der Waals surface area (Å²) in [5.74, 6) is -0.167. The summed E-state index contributed by atoms with van der Waals surface area (Å²) in [6, 6.07) is 2.94. The molecule has 4 N–H and O–H groups in total. The monoisotopic (exact) mass is 180 g/mol. The van der Waals surface area contributed by atoms with Gasteiger partial charge in [0.2, 0.25) is 0 Å². The number of nitrogen functional groups attached to an aromatic ring is 1. The predicted molar refractivity (Wildman–Crippen MR) is 50.7 cm³/mol. The molecule has 13 heavy (non-hydrogen) atoms. The molecule has 0 fully saturated rings. The van der Waals surface area contributed by atoms with Crippen LogP contribution in [0.15, 0.2) is 12.1 Å². The van der Waals surface area contributed by atoms with Gasteiger partial charge in [0.25, 0.3) is 0 Å². The maximum Gasteiger partial charge on any atom is 0.126 e. The zero-order valence-corrected chi connectivity index (χ0v) is 7.39. The molecule has 0 aromatic heterocycles. The van der Waals surface area contributed by atoms with E-state index in [4.69, 9.17) is 11.5 Å². The third-order valence-corrected chi connectivity index (χ3v) is 2.65. The van der Waals surface area contributed by atoms with E-state index in [9.17, 15) is 4.39 Å². The topological polar surface area (TPSA) is 52.0 Å². The molecule has 2 nitrogen and oxygen atoms in total. The van der Waals surface area contributed by atoms with Crippen molar-refractivity contribution in [2.24, 2.45) is 5.73 Å². The Kier molecular flexibility index (Phi) is 1.96. The largest absolute Gasteiger partial charge is 0.398 e. The summed E-state index contributed by atoms with van der Waals surface area (Å²) in [6.07, 6.45) is 2.62. The minimum atomic E-state index is -0.167. The molecule has 0 saturated carbocycles. The highest BCUT2D eigenvalue weighted by Gasteiger charge is 2.21. The van der Waals surface area contributed by atoms with E-state index in [0.717, 1.165) is 30.4 Å². The third kappa shape index (κ3) is 1.29. The van der Waals surface area contributed by atoms with Crippen LogP contribution in [-0.4, -0.2) is 0 Å². The van der Waals surface area contributed by atoms with Crippen molar-refractivity contribution in [1.29, 1.82) is 0 Å². The highest BCUT2D eigenvalue weighted by atomic mass is 19.1. The van der Waals surface area contributed by atoms with E-state index >= 15 is 0 Å². The van der Waals surface area contributed by atoms with Gasteiger partial charge in [0.1, 0.15) is 5.82 Å². The van der Waals surface area contributed by atoms with Gasteiger partial charge in [-0.1, -0.05) is 0 Å². The molecule has 0 saturated heterocycles. The van der Waals surface area contributed by atoms with Gasteiger partial charge in [-0.2, -0.15) is 0 Å². The van der Waals surface area contributed by atoms with Crippen LogP contribution >= 0.6 is 0 Å². The number of anilines is 1. The zero-order chi connectivity index (χ0) is 9.42. The van der Waals surface area contributed by atoms with Crippen LogP contribution in [0.25, 0.3) is 0 Å². The molecule has 1 aliphatic rings. The van der Waals surface area contributed by atoms with Crippen molar-refractivity contribution in [3.05, 3.63) is 29.1 Å². The number of nitrogens with two attached hydrogens (primary N) is 2. The smallest absolute Gasteiger partial charge is 0.126 e. The Morgan fingerprint density at radius 1 is 1.38 bits per heavy atom. The number of fused-ring (bicyclic) bond motifs is 1. The van der Waals surface area contributed by atoms with Crippen molar-refractivity contribution in [3.63, 3.8) is 0 Å². The minimum absolute atomic E-state index is 0.0838. The van der Waals surface area contributed by atoms with Crippen molar-refractivity contribution >= 4 is 5.69 Å². The fourth-order valence-corrected chi connectivity index (χ4v) is 1.99. The lowest BCUT2D eigenvalue weighted by molar-refractivity contribution is 0.533. The summed E-state index contributed by atoms with van der Waals surface area (Å²) in [5, 5.41) is 0. The van der Waals surface area contributed by atoms with Crippen LogP contribution in [0.2, 0.25) is 0 Å². The molecule has 0 aliphatic heterocycles. The van der Waals surface area contributed by atoms with E-state index < -0.39 is 0 Å². The molecule has 0 spiro atoms. The SMILES string of the molecule is Nc1ccc(F)c2c1[C@@H](N)CCC2. The van der Waals surface area contributed by atoms with Crippen molar-refractivity contribution < 1.29 is 4.39 Å². The van der Waals surface area contributed by atoms with Crippen LogP contribution in [0.1, 0.15) is 30.0 Å². The quantitative estimate of drug-likeness (QED) is 0.597. The van der Waals surface area contributed by atoms with Crippen LogP contribution < -0.4 is 11.5 Å². The molecular weight excluding hydrogens is 167 g/mol. The van der Waals surface area contributed by atoms with Gasteiger partial charge < -0.3 is 11.5 Å². The lowest BCUT2D eigenvalue weighted by Crippen LogP contribution is -2.20. The number of rotatable bonds is 0. The second-order valence-electron chi connectivity index (χ2n) is 3.53. The van der Waals surface area contributed by atoms with Gasteiger partial charge in [0.05, 0.1) is 0 Å². The summed E-state index contributed by atoms with van der Waals surface area (Å²) < 4.78 is 13.3. The molecule has 1 atom stereocenters. The third-order valence-electron chi connectivity index (χ3n) is 2.65. The summed E-state index contributed by atoms with van der Waals surface area (Å²) in [6.45, 7) is 0. The molecule has 3 heteroatoms. The highest BCUT2D eigenvalue weighted by molar-refractivity contribution is 5.54. The molecule has 0 heterocycles. The van der Waals surface area contributed by atoms with Crippen molar-refractivity contribution in [1.82, 2.24) is 0 Å². The summed E-state index contributed by atoms with van der Waals surface area (Å²) in [5.41, 5.74) is 13.8. The molecule has 0 bridgehead atoms. The van der Waals surface area contributed by atoms with Gasteiger partial charge in [-0.3, -0.25) is 0 Å². The molecule has 1 aromatic carbocycles. The maximum atomic E-state index is 13.3. The van der Waals surface area contributed by atoms with Crippen LogP contribution in [0.3, 0.4) is 0 Å². The van der Waals surface area contributed by atoms with Crippen molar-refractivity contribution in [2.75, 3.05) is 5.73 Å². The van der Waals surface area contributed by atoms with Gasteiger partial charge in [-0.05, 0) is 42.5 Å². The number of benzene rings is 1. The lowest BCUT2D eigenvalue weighted by atomic mass is 9.87.